The van der Waals surface area contributed by atoms with Gasteiger partial charge in [-0.05, 0) is 24.6 Å². The summed E-state index contributed by atoms with van der Waals surface area (Å²) in [6.07, 6.45) is 0.0880. The van der Waals surface area contributed by atoms with Gasteiger partial charge in [0.25, 0.3) is 0 Å². The summed E-state index contributed by atoms with van der Waals surface area (Å²) < 4.78 is 5.60. The number of thioether (sulfide) groups is 1. The quantitative estimate of drug-likeness (QED) is 0.723. The lowest BCUT2D eigenvalue weighted by atomic mass is 9.54. The molecule has 0 heterocycles. The first-order valence-electron chi connectivity index (χ1n) is 8.49. The van der Waals surface area contributed by atoms with Gasteiger partial charge in [0.1, 0.15) is 5.54 Å². The topological polar surface area (TPSA) is 99.4 Å². The molecule has 1 aliphatic rings. The number of carboxylic acid groups (broad SMARTS) is 1. The van der Waals surface area contributed by atoms with Gasteiger partial charge in [0.05, 0.1) is 23.5 Å². The van der Waals surface area contributed by atoms with Crippen LogP contribution in [-0.2, 0) is 20.1 Å². The van der Waals surface area contributed by atoms with E-state index in [2.05, 4.69) is 11.4 Å². The van der Waals surface area contributed by atoms with Crippen molar-refractivity contribution in [1.82, 2.24) is 5.32 Å². The number of amides is 1. The van der Waals surface area contributed by atoms with Gasteiger partial charge in [-0.2, -0.15) is 5.26 Å². The maximum Gasteiger partial charge on any atom is 0.330 e. The number of carbonyl (C=O) groups excluding carboxylic acids is 1. The molecule has 0 aromatic heterocycles. The molecular formula is C19H24N2O4S. The van der Waals surface area contributed by atoms with Crippen LogP contribution in [0, 0.1) is 16.7 Å². The minimum absolute atomic E-state index is 0.171. The lowest BCUT2D eigenvalue weighted by Gasteiger charge is -2.58. The number of nitrogens with one attached hydrogen (secondary N) is 1. The van der Waals surface area contributed by atoms with E-state index in [1.54, 1.807) is 12.1 Å². The van der Waals surface area contributed by atoms with Crippen LogP contribution in [0.3, 0.4) is 0 Å². The summed E-state index contributed by atoms with van der Waals surface area (Å²) in [5.74, 6) is -0.535. The largest absolute Gasteiger partial charge is 0.479 e. The van der Waals surface area contributed by atoms with Crippen molar-refractivity contribution >= 4 is 23.6 Å². The summed E-state index contributed by atoms with van der Waals surface area (Å²) >= 11 is 1.41. The second kappa shape index (κ2) is 8.11. The van der Waals surface area contributed by atoms with Gasteiger partial charge in [-0.25, -0.2) is 4.79 Å². The lowest BCUT2D eigenvalue weighted by Crippen LogP contribution is -2.76. The number of benzene rings is 1. The van der Waals surface area contributed by atoms with E-state index >= 15 is 0 Å². The Morgan fingerprint density at radius 2 is 2.04 bits per heavy atom. The van der Waals surface area contributed by atoms with E-state index < -0.39 is 16.9 Å². The van der Waals surface area contributed by atoms with Crippen molar-refractivity contribution in [3.8, 4) is 6.07 Å². The number of nitrogens with zero attached hydrogens (tertiary/aromatic N) is 1. The fraction of sp³-hybridized carbons (Fsp3) is 0.526. The van der Waals surface area contributed by atoms with Crippen molar-refractivity contribution in [3.63, 3.8) is 0 Å². The van der Waals surface area contributed by atoms with Crippen LogP contribution in [0.25, 0.3) is 0 Å². The molecule has 2 N–H and O–H groups in total. The first-order chi connectivity index (χ1) is 12.3. The van der Waals surface area contributed by atoms with Crippen LogP contribution >= 0.6 is 11.8 Å². The second-order valence-corrected chi connectivity index (χ2v) is 7.92. The zero-order valence-corrected chi connectivity index (χ0v) is 16.1. The van der Waals surface area contributed by atoms with Gasteiger partial charge < -0.3 is 15.2 Å². The van der Waals surface area contributed by atoms with E-state index in [0.717, 1.165) is 5.56 Å². The van der Waals surface area contributed by atoms with E-state index in [9.17, 15) is 14.7 Å². The van der Waals surface area contributed by atoms with Crippen molar-refractivity contribution in [2.45, 2.75) is 44.6 Å². The van der Waals surface area contributed by atoms with Gasteiger partial charge in [0.15, 0.2) is 0 Å². The van der Waals surface area contributed by atoms with Gasteiger partial charge in [0.2, 0.25) is 5.91 Å². The molecule has 2 atom stereocenters. The van der Waals surface area contributed by atoms with Crippen LogP contribution in [0.2, 0.25) is 0 Å². The summed E-state index contributed by atoms with van der Waals surface area (Å²) in [6, 6.07) is 9.24. The maximum atomic E-state index is 12.3. The standard InChI is InChI=1S/C19H24N2O4S/c1-4-25-15-9-19(17(23)24,18(15,2)3)21-16(22)12-26-11-14-7-5-13(10-20)6-8-14/h5-8,15H,4,9,11-12H2,1-3H3,(H,21,22)(H,23,24). The molecular weight excluding hydrogens is 352 g/mol. The van der Waals surface area contributed by atoms with Gasteiger partial charge in [-0.1, -0.05) is 26.0 Å². The second-order valence-electron chi connectivity index (χ2n) is 6.93. The minimum atomic E-state index is -1.29. The maximum absolute atomic E-state index is 12.3. The number of ether oxygens (including phenoxy) is 1. The molecule has 0 bridgehead atoms. The summed E-state index contributed by atoms with van der Waals surface area (Å²) in [5, 5.41) is 21.2. The number of hydrogen-bond donors (Lipinski definition) is 2. The van der Waals surface area contributed by atoms with Crippen molar-refractivity contribution in [3.05, 3.63) is 35.4 Å². The van der Waals surface area contributed by atoms with Crippen LogP contribution < -0.4 is 5.32 Å². The smallest absolute Gasteiger partial charge is 0.330 e. The molecule has 1 amide bonds. The molecule has 1 fully saturated rings. The Morgan fingerprint density at radius 1 is 1.38 bits per heavy atom. The Bertz CT molecular complexity index is 711. The fourth-order valence-corrected chi connectivity index (χ4v) is 4.04. The molecule has 0 saturated heterocycles. The molecule has 6 nitrogen and oxygen atoms in total. The molecule has 0 aliphatic heterocycles. The predicted molar refractivity (Wildman–Crippen MR) is 99.6 cm³/mol. The van der Waals surface area contributed by atoms with Gasteiger partial charge >= 0.3 is 5.97 Å². The zero-order valence-electron chi connectivity index (χ0n) is 15.2. The van der Waals surface area contributed by atoms with Crippen molar-refractivity contribution in [2.75, 3.05) is 12.4 Å². The van der Waals surface area contributed by atoms with Crippen LogP contribution in [-0.4, -0.2) is 41.0 Å². The Kier molecular flexibility index (Phi) is 6.32. The van der Waals surface area contributed by atoms with Crippen molar-refractivity contribution in [1.29, 1.82) is 5.26 Å². The van der Waals surface area contributed by atoms with Gasteiger partial charge in [-0.15, -0.1) is 11.8 Å². The molecule has 2 rings (SSSR count). The molecule has 140 valence electrons. The Labute approximate surface area is 157 Å². The number of hydrogen-bond acceptors (Lipinski definition) is 5. The van der Waals surface area contributed by atoms with Crippen LogP contribution in [0.4, 0.5) is 0 Å². The predicted octanol–water partition coefficient (Wildman–Crippen LogP) is 2.57. The summed E-state index contributed by atoms with van der Waals surface area (Å²) in [6.45, 7) is 6.01. The van der Waals surface area contributed by atoms with Crippen LogP contribution in [0.5, 0.6) is 0 Å². The highest BCUT2D eigenvalue weighted by Crippen LogP contribution is 2.51. The Balaban J connectivity index is 1.91. The highest BCUT2D eigenvalue weighted by atomic mass is 32.2. The third-order valence-corrected chi connectivity index (χ3v) is 6.07. The van der Waals surface area contributed by atoms with E-state index in [1.165, 1.54) is 11.8 Å². The van der Waals surface area contributed by atoms with E-state index in [1.807, 2.05) is 32.9 Å². The van der Waals surface area contributed by atoms with E-state index in [0.29, 0.717) is 17.9 Å². The highest BCUT2D eigenvalue weighted by molar-refractivity contribution is 7.99. The van der Waals surface area contributed by atoms with Crippen molar-refractivity contribution < 1.29 is 19.4 Å². The fourth-order valence-electron chi connectivity index (χ4n) is 3.25. The Morgan fingerprint density at radius 3 is 2.54 bits per heavy atom. The Hall–Kier alpha value is -2.04. The highest BCUT2D eigenvalue weighted by Gasteiger charge is 2.66. The number of rotatable bonds is 8. The normalized spacial score (nSPS) is 23.5. The zero-order chi connectivity index (χ0) is 19.4. The first-order valence-corrected chi connectivity index (χ1v) is 9.65. The van der Waals surface area contributed by atoms with Crippen molar-refractivity contribution in [2.24, 2.45) is 5.41 Å². The average molecular weight is 376 g/mol. The van der Waals surface area contributed by atoms with E-state index in [-0.39, 0.29) is 24.2 Å². The molecule has 7 heteroatoms. The molecule has 1 aromatic rings. The molecule has 1 aromatic carbocycles. The van der Waals surface area contributed by atoms with Crippen LogP contribution in [0.1, 0.15) is 38.3 Å². The first kappa shape index (κ1) is 20.3. The summed E-state index contributed by atoms with van der Waals surface area (Å²) in [7, 11) is 0. The molecule has 2 unspecified atom stereocenters. The van der Waals surface area contributed by atoms with Gasteiger partial charge in [0, 0.05) is 24.2 Å². The third kappa shape index (κ3) is 3.87. The SMILES string of the molecule is CCOC1CC(NC(=O)CSCc2ccc(C#N)cc2)(C(=O)O)C1(C)C. The monoisotopic (exact) mass is 376 g/mol. The number of carbonyl (C=O) groups is 2. The van der Waals surface area contributed by atoms with Gasteiger partial charge in [-0.3, -0.25) is 4.79 Å². The molecule has 1 aliphatic carbocycles. The molecule has 0 radical (unpaired) electrons. The average Bonchev–Trinajstić information content (AvgIpc) is 2.61. The number of carboxylic acids is 1. The number of nitriles is 1. The number of aliphatic carboxylic acids is 1. The summed E-state index contributed by atoms with van der Waals surface area (Å²) in [4.78, 5) is 24.2. The molecule has 1 saturated carbocycles. The minimum Gasteiger partial charge on any atom is -0.479 e. The summed E-state index contributed by atoms with van der Waals surface area (Å²) in [5.41, 5.74) is -0.368. The van der Waals surface area contributed by atoms with E-state index in [4.69, 9.17) is 10.00 Å². The van der Waals surface area contributed by atoms with Crippen LogP contribution in [0.15, 0.2) is 24.3 Å². The molecule has 0 spiro atoms. The molecule has 26 heavy (non-hydrogen) atoms. The third-order valence-electron chi connectivity index (χ3n) is 5.07. The lowest BCUT2D eigenvalue weighted by molar-refractivity contribution is -0.194.